The Labute approximate surface area is 357 Å². The van der Waals surface area contributed by atoms with Crippen LogP contribution in [0.1, 0.15) is 96.8 Å². The quantitative estimate of drug-likeness (QED) is 0.0300. The fourth-order valence-electron chi connectivity index (χ4n) is 5.63. The first kappa shape index (κ1) is 54.9. The van der Waals surface area contributed by atoms with E-state index in [-0.39, 0.29) is 42.8 Å². The van der Waals surface area contributed by atoms with Gasteiger partial charge in [-0.2, -0.15) is 0 Å². The van der Waals surface area contributed by atoms with Crippen LogP contribution >= 0.6 is 0 Å². The number of anilines is 1. The Morgan fingerprint density at radius 2 is 0.833 bits per heavy atom. The van der Waals surface area contributed by atoms with Crippen LogP contribution < -0.4 is 5.32 Å². The number of nitro benzene ring substituents is 2. The van der Waals surface area contributed by atoms with Crippen LogP contribution in [0.15, 0.2) is 18.2 Å². The number of nitrogens with one attached hydrogen (secondary N) is 1. The number of benzene rings is 1. The number of unbranched alkanes of at least 4 members (excludes halogenated alkanes) is 12. The Balaban J connectivity index is 1.70. The Morgan fingerprint density at radius 3 is 1.20 bits per heavy atom. The molecule has 0 aromatic heterocycles. The van der Waals surface area contributed by atoms with Crippen LogP contribution in [-0.2, 0) is 52.2 Å². The first-order valence-corrected chi connectivity index (χ1v) is 22.0. The number of hydrogen-bond acceptors (Lipinski definition) is 16. The lowest BCUT2D eigenvalue weighted by Crippen LogP contribution is -2.16. The van der Waals surface area contributed by atoms with Gasteiger partial charge in [-0.05, 0) is 12.5 Å². The molecule has 0 radical (unpaired) electrons. The molecule has 18 nitrogen and oxygen atoms in total. The van der Waals surface area contributed by atoms with Crippen LogP contribution in [0.3, 0.4) is 0 Å². The van der Waals surface area contributed by atoms with Crippen LogP contribution in [0.2, 0.25) is 0 Å². The minimum absolute atomic E-state index is 0.146. The van der Waals surface area contributed by atoms with E-state index in [4.69, 9.17) is 47.4 Å². The number of ether oxygens (including phenoxy) is 10. The molecule has 0 aliphatic heterocycles. The molecule has 1 rings (SSSR count). The Bertz CT molecular complexity index is 1170. The molecule has 1 aromatic carbocycles. The molecule has 60 heavy (non-hydrogen) atoms. The minimum Gasteiger partial charge on any atom is -0.463 e. The highest BCUT2D eigenvalue weighted by atomic mass is 16.6. The largest absolute Gasteiger partial charge is 0.463 e. The van der Waals surface area contributed by atoms with Crippen LogP contribution in [0.5, 0.6) is 0 Å². The summed E-state index contributed by atoms with van der Waals surface area (Å²) in [7, 11) is 0. The third-order valence-electron chi connectivity index (χ3n) is 8.90. The van der Waals surface area contributed by atoms with E-state index in [9.17, 15) is 25.0 Å². The number of rotatable bonds is 47. The molecule has 0 fully saturated rings. The third-order valence-corrected chi connectivity index (χ3v) is 8.90. The molecule has 0 saturated carbocycles. The maximum Gasteiger partial charge on any atom is 0.305 e. The van der Waals surface area contributed by atoms with E-state index in [2.05, 4.69) is 12.2 Å². The summed E-state index contributed by atoms with van der Waals surface area (Å²) in [6, 6.07) is 3.43. The summed E-state index contributed by atoms with van der Waals surface area (Å²) in [4.78, 5) is 32.5. The molecule has 0 amide bonds. The monoisotopic (exact) mass is 862 g/mol. The topological polar surface area (TPSA) is 208 Å². The van der Waals surface area contributed by atoms with Gasteiger partial charge in [-0.1, -0.05) is 84.0 Å². The molecule has 0 heterocycles. The number of carbonyl (C=O) groups excluding carboxylic acids is 1. The zero-order chi connectivity index (χ0) is 43.4. The summed E-state index contributed by atoms with van der Waals surface area (Å²) in [5.41, 5.74) is -0.530. The summed E-state index contributed by atoms with van der Waals surface area (Å²) in [5, 5.41) is 24.8. The molecule has 1 aromatic rings. The second-order valence-electron chi connectivity index (χ2n) is 13.9. The van der Waals surface area contributed by atoms with Crippen molar-refractivity contribution in [2.45, 2.75) is 96.8 Å². The van der Waals surface area contributed by atoms with Gasteiger partial charge >= 0.3 is 5.97 Å². The number of carbonyl (C=O) groups is 1. The van der Waals surface area contributed by atoms with Crippen molar-refractivity contribution in [1.82, 2.24) is 0 Å². The average Bonchev–Trinajstić information content (AvgIpc) is 3.24. The molecule has 1 N–H and O–H groups in total. The van der Waals surface area contributed by atoms with Crippen molar-refractivity contribution in [2.24, 2.45) is 0 Å². The van der Waals surface area contributed by atoms with Crippen molar-refractivity contribution in [3.63, 3.8) is 0 Å². The first-order valence-electron chi connectivity index (χ1n) is 22.0. The van der Waals surface area contributed by atoms with E-state index < -0.39 is 9.85 Å². The van der Waals surface area contributed by atoms with E-state index in [0.717, 1.165) is 18.9 Å². The molecule has 0 atom stereocenters. The standard InChI is InChI=1S/C42H75N3O15/c1-2-3-4-5-6-7-8-9-10-11-12-13-14-15-42(46)60-37-36-59-35-34-58-33-32-57-31-30-56-29-28-55-27-26-54-25-24-53-23-22-52-21-20-51-19-18-43-40-17-16-39(44(47)48)38-41(40)45(49)50/h16-17,38,43H,2-15,18-37H2,1H3. The van der Waals surface area contributed by atoms with Gasteiger partial charge < -0.3 is 52.7 Å². The van der Waals surface area contributed by atoms with E-state index in [1.807, 2.05) is 0 Å². The van der Waals surface area contributed by atoms with Gasteiger partial charge in [0.05, 0.1) is 135 Å². The second-order valence-corrected chi connectivity index (χ2v) is 13.9. The van der Waals surface area contributed by atoms with Crippen LogP contribution in [0, 0.1) is 20.2 Å². The molecule has 0 saturated heterocycles. The maximum absolute atomic E-state index is 11.9. The van der Waals surface area contributed by atoms with Crippen LogP contribution in [0.4, 0.5) is 17.1 Å². The van der Waals surface area contributed by atoms with Gasteiger partial charge in [-0.25, -0.2) is 0 Å². The lowest BCUT2D eigenvalue weighted by atomic mass is 10.0. The molecule has 18 heteroatoms. The van der Waals surface area contributed by atoms with E-state index in [1.54, 1.807) is 0 Å². The maximum atomic E-state index is 11.9. The van der Waals surface area contributed by atoms with Gasteiger partial charge in [0.1, 0.15) is 12.3 Å². The number of hydrogen-bond donors (Lipinski definition) is 1. The third kappa shape index (κ3) is 35.7. The average molecular weight is 862 g/mol. The molecule has 0 bridgehead atoms. The Hall–Kier alpha value is -3.07. The summed E-state index contributed by atoms with van der Waals surface area (Å²) in [6.07, 6.45) is 17.2. The van der Waals surface area contributed by atoms with Gasteiger partial charge in [-0.15, -0.1) is 0 Å². The van der Waals surface area contributed by atoms with E-state index in [1.165, 1.54) is 82.8 Å². The number of esters is 1. The van der Waals surface area contributed by atoms with Crippen molar-refractivity contribution in [1.29, 1.82) is 0 Å². The molecule has 348 valence electrons. The zero-order valence-electron chi connectivity index (χ0n) is 36.3. The van der Waals surface area contributed by atoms with Gasteiger partial charge in [0.2, 0.25) is 0 Å². The normalized spacial score (nSPS) is 11.3. The highest BCUT2D eigenvalue weighted by Gasteiger charge is 2.19. The van der Waals surface area contributed by atoms with Gasteiger partial charge in [0, 0.05) is 19.0 Å². The highest BCUT2D eigenvalue weighted by Crippen LogP contribution is 2.28. The zero-order valence-corrected chi connectivity index (χ0v) is 36.3. The molecule has 0 spiro atoms. The number of non-ortho nitro benzene ring substituents is 1. The number of nitrogens with zero attached hydrogens (tertiary/aromatic N) is 2. The molecular formula is C42H75N3O15. The minimum atomic E-state index is -0.681. The van der Waals surface area contributed by atoms with Crippen molar-refractivity contribution < 1.29 is 62.0 Å². The van der Waals surface area contributed by atoms with Crippen molar-refractivity contribution >= 4 is 23.0 Å². The molecule has 0 unspecified atom stereocenters. The summed E-state index contributed by atoms with van der Waals surface area (Å²) in [5.74, 6) is -0.146. The summed E-state index contributed by atoms with van der Waals surface area (Å²) < 4.78 is 54.5. The van der Waals surface area contributed by atoms with E-state index in [0.29, 0.717) is 119 Å². The highest BCUT2D eigenvalue weighted by molar-refractivity contribution is 5.69. The van der Waals surface area contributed by atoms with Crippen molar-refractivity contribution in [2.75, 3.05) is 137 Å². The van der Waals surface area contributed by atoms with Gasteiger partial charge in [0.15, 0.2) is 0 Å². The fraction of sp³-hybridized carbons (Fsp3) is 0.833. The van der Waals surface area contributed by atoms with Crippen molar-refractivity contribution in [3.8, 4) is 0 Å². The Kier molecular flexibility index (Phi) is 39.0. The SMILES string of the molecule is CCCCCCCCCCCCCCCC(=O)OCCOCCOCCOCCOCCOCCOCCOCCOCCOCCNc1ccc([N+](=O)[O-])cc1[N+](=O)[O-]. The smallest absolute Gasteiger partial charge is 0.305 e. The molecule has 0 aliphatic rings. The van der Waals surface area contributed by atoms with Crippen LogP contribution in [0.25, 0.3) is 0 Å². The van der Waals surface area contributed by atoms with Crippen LogP contribution in [-0.4, -0.2) is 148 Å². The Morgan fingerprint density at radius 1 is 0.483 bits per heavy atom. The summed E-state index contributed by atoms with van der Waals surface area (Å²) >= 11 is 0. The second kappa shape index (κ2) is 42.6. The fourth-order valence-corrected chi connectivity index (χ4v) is 5.63. The van der Waals surface area contributed by atoms with Gasteiger partial charge in [0.25, 0.3) is 11.4 Å². The lowest BCUT2D eigenvalue weighted by Gasteiger charge is -2.09. The first-order chi connectivity index (χ1) is 29.5. The van der Waals surface area contributed by atoms with Gasteiger partial charge in [-0.3, -0.25) is 25.0 Å². The predicted octanol–water partition coefficient (Wildman–Crippen LogP) is 7.09. The number of nitro groups is 2. The van der Waals surface area contributed by atoms with E-state index >= 15 is 0 Å². The molecule has 0 aliphatic carbocycles. The van der Waals surface area contributed by atoms with Crippen molar-refractivity contribution in [3.05, 3.63) is 38.4 Å². The summed E-state index contributed by atoms with van der Waals surface area (Å²) in [6.45, 7) is 10.4. The molecular weight excluding hydrogens is 786 g/mol. The lowest BCUT2D eigenvalue weighted by molar-refractivity contribution is -0.393. The predicted molar refractivity (Wildman–Crippen MR) is 227 cm³/mol.